The molecule has 39 heavy (non-hydrogen) atoms. The van der Waals surface area contributed by atoms with E-state index in [4.69, 9.17) is 9.84 Å². The zero-order valence-electron chi connectivity index (χ0n) is 21.2. The summed E-state index contributed by atoms with van der Waals surface area (Å²) in [5.74, 6) is 0.697. The summed E-state index contributed by atoms with van der Waals surface area (Å²) in [5, 5.41) is 14.6. The summed E-state index contributed by atoms with van der Waals surface area (Å²) >= 11 is 0. The fourth-order valence-corrected chi connectivity index (χ4v) is 5.20. The van der Waals surface area contributed by atoms with Crippen LogP contribution in [0.1, 0.15) is 16.7 Å². The second-order valence-corrected chi connectivity index (χ2v) is 10.9. The number of aryl methyl sites for hydroxylation is 1. The SMILES string of the molecule is Cc1ccc(COc2ccc(-c3nn(-c4ccccc4)cc3C=C(C#N)S(=O)(=O)c3ccccc3)cc2)cc1. The van der Waals surface area contributed by atoms with Crippen LogP contribution in [0, 0.1) is 18.3 Å². The summed E-state index contributed by atoms with van der Waals surface area (Å²) in [4.78, 5) is -0.300. The van der Waals surface area contributed by atoms with E-state index in [1.165, 1.54) is 23.8 Å². The first kappa shape index (κ1) is 25.7. The molecule has 0 amide bonds. The molecule has 1 aromatic heterocycles. The molecule has 5 aromatic rings. The molecule has 0 saturated heterocycles. The molecule has 0 saturated carbocycles. The fourth-order valence-electron chi connectivity index (χ4n) is 4.03. The average molecular weight is 532 g/mol. The molecule has 0 fully saturated rings. The Labute approximate surface area is 228 Å². The van der Waals surface area contributed by atoms with Gasteiger partial charge in [0.25, 0.3) is 0 Å². The summed E-state index contributed by atoms with van der Waals surface area (Å²) < 4.78 is 34.0. The van der Waals surface area contributed by atoms with Crippen molar-refractivity contribution in [1.82, 2.24) is 9.78 Å². The Morgan fingerprint density at radius 2 is 1.54 bits per heavy atom. The van der Waals surface area contributed by atoms with Gasteiger partial charge in [0.2, 0.25) is 9.84 Å². The minimum absolute atomic E-state index is 0.0601. The van der Waals surface area contributed by atoms with Crippen molar-refractivity contribution in [3.8, 4) is 28.8 Å². The van der Waals surface area contributed by atoms with Gasteiger partial charge in [-0.25, -0.2) is 13.1 Å². The summed E-state index contributed by atoms with van der Waals surface area (Å²) in [6.07, 6.45) is 3.11. The van der Waals surface area contributed by atoms with Crippen LogP contribution in [-0.4, -0.2) is 18.2 Å². The number of nitrogens with zero attached hydrogens (tertiary/aromatic N) is 3. The van der Waals surface area contributed by atoms with E-state index in [9.17, 15) is 13.7 Å². The van der Waals surface area contributed by atoms with Crippen LogP contribution in [0.15, 0.2) is 125 Å². The molecule has 0 aliphatic carbocycles. The Morgan fingerprint density at radius 1 is 0.897 bits per heavy atom. The molecule has 0 N–H and O–H groups in total. The summed E-state index contributed by atoms with van der Waals surface area (Å²) in [6, 6.07) is 34.9. The van der Waals surface area contributed by atoms with Crippen molar-refractivity contribution in [3.63, 3.8) is 0 Å². The Hall–Kier alpha value is -4.93. The number of hydrogen-bond acceptors (Lipinski definition) is 5. The number of nitriles is 1. The molecular weight excluding hydrogens is 506 g/mol. The van der Waals surface area contributed by atoms with Gasteiger partial charge in [-0.2, -0.15) is 10.4 Å². The van der Waals surface area contributed by atoms with Gasteiger partial charge in [-0.05, 0) is 67.1 Å². The van der Waals surface area contributed by atoms with Crippen LogP contribution < -0.4 is 4.74 Å². The molecule has 5 rings (SSSR count). The lowest BCUT2D eigenvalue weighted by molar-refractivity contribution is 0.306. The van der Waals surface area contributed by atoms with Crippen LogP contribution in [0.5, 0.6) is 5.75 Å². The lowest BCUT2D eigenvalue weighted by Crippen LogP contribution is -2.03. The molecular formula is C32H25N3O3S. The van der Waals surface area contributed by atoms with Crippen molar-refractivity contribution in [2.45, 2.75) is 18.4 Å². The number of para-hydroxylation sites is 1. The summed E-state index contributed by atoms with van der Waals surface area (Å²) in [7, 11) is -4.00. The Kier molecular flexibility index (Phi) is 7.39. The second kappa shape index (κ2) is 11.2. The maximum atomic E-state index is 13.2. The first-order valence-corrected chi connectivity index (χ1v) is 13.8. The van der Waals surface area contributed by atoms with E-state index in [2.05, 4.69) is 0 Å². The molecule has 0 bridgehead atoms. The number of aromatic nitrogens is 2. The highest BCUT2D eigenvalue weighted by Gasteiger charge is 2.22. The van der Waals surface area contributed by atoms with Crippen LogP contribution in [0.2, 0.25) is 0 Å². The normalized spacial score (nSPS) is 11.6. The highest BCUT2D eigenvalue weighted by molar-refractivity contribution is 7.95. The van der Waals surface area contributed by atoms with Crippen LogP contribution in [0.3, 0.4) is 0 Å². The van der Waals surface area contributed by atoms with E-state index < -0.39 is 9.84 Å². The first-order chi connectivity index (χ1) is 18.9. The molecule has 1 heterocycles. The predicted molar refractivity (Wildman–Crippen MR) is 152 cm³/mol. The van der Waals surface area contributed by atoms with Crippen LogP contribution in [0.4, 0.5) is 0 Å². The number of benzene rings is 4. The van der Waals surface area contributed by atoms with E-state index in [0.29, 0.717) is 23.6 Å². The van der Waals surface area contributed by atoms with Gasteiger partial charge in [0, 0.05) is 17.3 Å². The largest absolute Gasteiger partial charge is 0.489 e. The van der Waals surface area contributed by atoms with Crippen LogP contribution in [0.25, 0.3) is 23.0 Å². The quantitative estimate of drug-likeness (QED) is 0.206. The van der Waals surface area contributed by atoms with E-state index in [0.717, 1.165) is 16.8 Å². The molecule has 6 nitrogen and oxygen atoms in total. The standard InChI is InChI=1S/C32H25N3O3S/c1-24-12-14-25(15-13-24)23-38-29-18-16-26(17-19-29)32-27(22-35(34-32)28-8-4-2-5-9-28)20-31(21-33)39(36,37)30-10-6-3-7-11-30/h2-20,22H,23H2,1H3. The monoisotopic (exact) mass is 531 g/mol. The number of hydrogen-bond donors (Lipinski definition) is 0. The number of allylic oxidation sites excluding steroid dienone is 1. The number of rotatable bonds is 8. The van der Waals surface area contributed by atoms with E-state index in [1.54, 1.807) is 29.1 Å². The lowest BCUT2D eigenvalue weighted by Gasteiger charge is -2.08. The van der Waals surface area contributed by atoms with Crippen molar-refractivity contribution in [3.05, 3.63) is 137 Å². The van der Waals surface area contributed by atoms with Gasteiger partial charge in [-0.15, -0.1) is 0 Å². The minimum atomic E-state index is -4.00. The third-order valence-corrected chi connectivity index (χ3v) is 7.84. The molecule has 4 aromatic carbocycles. The molecule has 0 radical (unpaired) electrons. The molecule has 0 aliphatic rings. The average Bonchev–Trinajstić information content (AvgIpc) is 3.40. The van der Waals surface area contributed by atoms with Crippen molar-refractivity contribution in [1.29, 1.82) is 5.26 Å². The predicted octanol–water partition coefficient (Wildman–Crippen LogP) is 6.77. The van der Waals surface area contributed by atoms with Crippen molar-refractivity contribution in [2.24, 2.45) is 0 Å². The number of ether oxygens (including phenoxy) is 1. The summed E-state index contributed by atoms with van der Waals surface area (Å²) in [5.41, 5.74) is 4.87. The van der Waals surface area contributed by atoms with Gasteiger partial charge in [0.1, 0.15) is 29.0 Å². The maximum absolute atomic E-state index is 13.2. The first-order valence-electron chi connectivity index (χ1n) is 12.3. The number of sulfone groups is 1. The third-order valence-electron chi connectivity index (χ3n) is 6.16. The van der Waals surface area contributed by atoms with Gasteiger partial charge >= 0.3 is 0 Å². The molecule has 0 atom stereocenters. The van der Waals surface area contributed by atoms with Gasteiger partial charge in [0.15, 0.2) is 0 Å². The van der Waals surface area contributed by atoms with Crippen molar-refractivity contribution < 1.29 is 13.2 Å². The smallest absolute Gasteiger partial charge is 0.216 e. The van der Waals surface area contributed by atoms with E-state index in [1.807, 2.05) is 91.9 Å². The highest BCUT2D eigenvalue weighted by Crippen LogP contribution is 2.29. The minimum Gasteiger partial charge on any atom is -0.489 e. The van der Waals surface area contributed by atoms with E-state index >= 15 is 0 Å². The van der Waals surface area contributed by atoms with Gasteiger partial charge in [-0.3, -0.25) is 0 Å². The molecule has 0 spiro atoms. The van der Waals surface area contributed by atoms with Crippen molar-refractivity contribution in [2.75, 3.05) is 0 Å². The Balaban J connectivity index is 1.50. The lowest BCUT2D eigenvalue weighted by atomic mass is 10.1. The Morgan fingerprint density at radius 3 is 2.18 bits per heavy atom. The topological polar surface area (TPSA) is 85.0 Å². The molecule has 0 aliphatic heterocycles. The van der Waals surface area contributed by atoms with Gasteiger partial charge in [0.05, 0.1) is 10.6 Å². The molecule has 192 valence electrons. The second-order valence-electron chi connectivity index (χ2n) is 8.95. The molecule has 7 heteroatoms. The van der Waals surface area contributed by atoms with Crippen LogP contribution in [-0.2, 0) is 16.4 Å². The van der Waals surface area contributed by atoms with Gasteiger partial charge in [-0.1, -0.05) is 66.2 Å². The fraction of sp³-hybridized carbons (Fsp3) is 0.0625. The molecule has 0 unspecified atom stereocenters. The highest BCUT2D eigenvalue weighted by atomic mass is 32.2. The zero-order chi connectivity index (χ0) is 27.2. The zero-order valence-corrected chi connectivity index (χ0v) is 22.0. The third kappa shape index (κ3) is 5.82. The van der Waals surface area contributed by atoms with E-state index in [-0.39, 0.29) is 9.80 Å². The van der Waals surface area contributed by atoms with Gasteiger partial charge < -0.3 is 4.74 Å². The summed E-state index contributed by atoms with van der Waals surface area (Å²) in [6.45, 7) is 2.49. The van der Waals surface area contributed by atoms with Crippen molar-refractivity contribution >= 4 is 15.9 Å². The maximum Gasteiger partial charge on any atom is 0.216 e. The van der Waals surface area contributed by atoms with Crippen LogP contribution >= 0.6 is 0 Å². The Bertz CT molecular complexity index is 1750.